The Hall–Kier alpha value is 0.177. The van der Waals surface area contributed by atoms with Gasteiger partial charge in [0.05, 0.1) is 0 Å². The van der Waals surface area contributed by atoms with Crippen LogP contribution < -0.4 is 0 Å². The van der Waals surface area contributed by atoms with E-state index in [1.807, 2.05) is 0 Å². The number of unbranched alkanes of at least 4 members (excludes halogenated alkanes) is 12. The first-order valence-corrected chi connectivity index (χ1v) is 12.9. The van der Waals surface area contributed by atoms with Crippen LogP contribution in [-0.4, -0.2) is 14.9 Å². The van der Waals surface area contributed by atoms with E-state index in [1.54, 1.807) is 0 Å². The zero-order valence-electron chi connectivity index (χ0n) is 15.5. The van der Waals surface area contributed by atoms with Crippen molar-refractivity contribution in [3.8, 4) is 0 Å². The molecule has 0 amide bonds. The maximum Gasteiger partial charge on any atom is 0.186 e. The molecule has 0 aliphatic carbocycles. The summed E-state index contributed by atoms with van der Waals surface area (Å²) in [6.45, 7) is 10.2. The van der Waals surface area contributed by atoms with Crippen LogP contribution >= 0.6 is 0 Å². The molecular formula is C19H42OSi. The molecule has 0 aliphatic heterocycles. The molecule has 2 heteroatoms. The molecular weight excluding hydrogens is 272 g/mol. The summed E-state index contributed by atoms with van der Waals surface area (Å²) in [4.78, 5) is 0. The highest BCUT2D eigenvalue weighted by Crippen LogP contribution is 2.14. The quantitative estimate of drug-likeness (QED) is 0.214. The van der Waals surface area contributed by atoms with Gasteiger partial charge in [0.25, 0.3) is 0 Å². The van der Waals surface area contributed by atoms with Crippen molar-refractivity contribution in [2.75, 3.05) is 6.61 Å². The standard InChI is InChI=1S/C19H42OSi/c1-5-7-8-9-10-11-12-13-14-15-16-17-18-19-20-21(3,4)6-2/h5-19H2,1-4H3. The average Bonchev–Trinajstić information content (AvgIpc) is 2.47. The van der Waals surface area contributed by atoms with Crippen molar-refractivity contribution < 1.29 is 4.43 Å². The Labute approximate surface area is 136 Å². The van der Waals surface area contributed by atoms with Crippen molar-refractivity contribution in [2.45, 2.75) is 116 Å². The Balaban J connectivity index is 3.06. The lowest BCUT2D eigenvalue weighted by molar-refractivity contribution is 0.294. The van der Waals surface area contributed by atoms with Crippen molar-refractivity contribution >= 4 is 8.32 Å². The molecule has 0 saturated carbocycles. The predicted molar refractivity (Wildman–Crippen MR) is 99.6 cm³/mol. The van der Waals surface area contributed by atoms with Gasteiger partial charge >= 0.3 is 0 Å². The Morgan fingerprint density at radius 2 is 0.952 bits per heavy atom. The largest absolute Gasteiger partial charge is 0.417 e. The van der Waals surface area contributed by atoms with Gasteiger partial charge < -0.3 is 4.43 Å². The summed E-state index contributed by atoms with van der Waals surface area (Å²) in [6.07, 6.45) is 18.5. The van der Waals surface area contributed by atoms with Gasteiger partial charge in [-0.05, 0) is 25.6 Å². The normalized spacial score (nSPS) is 12.0. The lowest BCUT2D eigenvalue weighted by atomic mass is 10.0. The minimum absolute atomic E-state index is 1.00. The average molecular weight is 315 g/mol. The third-order valence-electron chi connectivity index (χ3n) is 4.59. The van der Waals surface area contributed by atoms with Crippen LogP contribution in [0.1, 0.15) is 97.3 Å². The summed E-state index contributed by atoms with van der Waals surface area (Å²) < 4.78 is 6.02. The van der Waals surface area contributed by atoms with E-state index in [0.717, 1.165) is 6.61 Å². The molecule has 0 aromatic carbocycles. The van der Waals surface area contributed by atoms with E-state index < -0.39 is 8.32 Å². The third kappa shape index (κ3) is 16.4. The fourth-order valence-corrected chi connectivity index (χ4v) is 3.47. The Bertz CT molecular complexity index is 204. The molecule has 0 bridgehead atoms. The molecule has 0 rings (SSSR count). The molecule has 0 aromatic heterocycles. The molecule has 0 atom stereocenters. The molecule has 0 fully saturated rings. The lowest BCUT2D eigenvalue weighted by Crippen LogP contribution is -2.29. The molecule has 0 saturated heterocycles. The second-order valence-electron chi connectivity index (χ2n) is 7.20. The monoisotopic (exact) mass is 314 g/mol. The van der Waals surface area contributed by atoms with E-state index >= 15 is 0 Å². The predicted octanol–water partition coefficient (Wildman–Crippen LogP) is 7.32. The molecule has 128 valence electrons. The molecule has 0 aliphatic rings. The zero-order chi connectivity index (χ0) is 15.8. The molecule has 0 aromatic rings. The van der Waals surface area contributed by atoms with Crippen molar-refractivity contribution in [3.63, 3.8) is 0 Å². The van der Waals surface area contributed by atoms with E-state index in [1.165, 1.54) is 89.5 Å². The smallest absolute Gasteiger partial charge is 0.186 e. The Kier molecular flexibility index (Phi) is 15.2. The summed E-state index contributed by atoms with van der Waals surface area (Å²) in [5.41, 5.74) is 0. The third-order valence-corrected chi connectivity index (χ3v) is 7.28. The minimum Gasteiger partial charge on any atom is -0.417 e. The second kappa shape index (κ2) is 15.1. The van der Waals surface area contributed by atoms with Gasteiger partial charge in [0, 0.05) is 6.61 Å². The summed E-state index contributed by atoms with van der Waals surface area (Å²) in [5.74, 6) is 0. The molecule has 1 nitrogen and oxygen atoms in total. The maximum atomic E-state index is 6.02. The molecule has 0 heterocycles. The van der Waals surface area contributed by atoms with Crippen LogP contribution in [0.4, 0.5) is 0 Å². The lowest BCUT2D eigenvalue weighted by Gasteiger charge is -2.20. The second-order valence-corrected chi connectivity index (χ2v) is 11.7. The van der Waals surface area contributed by atoms with E-state index in [-0.39, 0.29) is 0 Å². The van der Waals surface area contributed by atoms with Gasteiger partial charge in [0.2, 0.25) is 0 Å². The van der Waals surface area contributed by atoms with Crippen LogP contribution in [0.25, 0.3) is 0 Å². The van der Waals surface area contributed by atoms with E-state index in [9.17, 15) is 0 Å². The van der Waals surface area contributed by atoms with Crippen LogP contribution in [0.5, 0.6) is 0 Å². The molecule has 21 heavy (non-hydrogen) atoms. The first kappa shape index (κ1) is 21.2. The van der Waals surface area contributed by atoms with Gasteiger partial charge in [0.1, 0.15) is 0 Å². The summed E-state index contributed by atoms with van der Waals surface area (Å²) in [5, 5.41) is 0. The molecule has 0 unspecified atom stereocenters. The van der Waals surface area contributed by atoms with E-state index in [2.05, 4.69) is 26.9 Å². The van der Waals surface area contributed by atoms with Crippen LogP contribution in [-0.2, 0) is 4.43 Å². The van der Waals surface area contributed by atoms with Gasteiger partial charge in [-0.15, -0.1) is 0 Å². The highest BCUT2D eigenvalue weighted by molar-refractivity contribution is 6.71. The highest BCUT2D eigenvalue weighted by atomic mass is 28.4. The fraction of sp³-hybridized carbons (Fsp3) is 1.00. The number of hydrogen-bond donors (Lipinski definition) is 0. The Morgan fingerprint density at radius 1 is 0.571 bits per heavy atom. The topological polar surface area (TPSA) is 9.23 Å². The number of hydrogen-bond acceptors (Lipinski definition) is 1. The van der Waals surface area contributed by atoms with E-state index in [4.69, 9.17) is 4.43 Å². The first-order chi connectivity index (χ1) is 10.1. The molecule has 0 radical (unpaired) electrons. The van der Waals surface area contributed by atoms with Gasteiger partial charge in [0.15, 0.2) is 8.32 Å². The summed E-state index contributed by atoms with van der Waals surface area (Å²) in [6, 6.07) is 1.24. The van der Waals surface area contributed by atoms with Crippen molar-refractivity contribution in [2.24, 2.45) is 0 Å². The van der Waals surface area contributed by atoms with Gasteiger partial charge in [-0.2, -0.15) is 0 Å². The van der Waals surface area contributed by atoms with Crippen molar-refractivity contribution in [3.05, 3.63) is 0 Å². The zero-order valence-corrected chi connectivity index (χ0v) is 16.5. The summed E-state index contributed by atoms with van der Waals surface area (Å²) in [7, 11) is -1.28. The highest BCUT2D eigenvalue weighted by Gasteiger charge is 2.18. The van der Waals surface area contributed by atoms with Gasteiger partial charge in [-0.1, -0.05) is 90.9 Å². The van der Waals surface area contributed by atoms with Gasteiger partial charge in [-0.25, -0.2) is 0 Å². The van der Waals surface area contributed by atoms with E-state index in [0.29, 0.717) is 0 Å². The number of rotatable bonds is 16. The fourth-order valence-electron chi connectivity index (χ4n) is 2.57. The Morgan fingerprint density at radius 3 is 1.33 bits per heavy atom. The van der Waals surface area contributed by atoms with Crippen LogP contribution in [0.15, 0.2) is 0 Å². The molecule has 0 N–H and O–H groups in total. The van der Waals surface area contributed by atoms with Gasteiger partial charge in [-0.3, -0.25) is 0 Å². The minimum atomic E-state index is -1.28. The SMILES string of the molecule is CCCCCCCCCCCCCCCO[Si](C)(C)CC. The molecule has 0 spiro atoms. The van der Waals surface area contributed by atoms with Crippen molar-refractivity contribution in [1.82, 2.24) is 0 Å². The van der Waals surface area contributed by atoms with Crippen LogP contribution in [0.2, 0.25) is 19.1 Å². The van der Waals surface area contributed by atoms with Crippen LogP contribution in [0, 0.1) is 0 Å². The maximum absolute atomic E-state index is 6.02. The summed E-state index contributed by atoms with van der Waals surface area (Å²) >= 11 is 0. The first-order valence-electron chi connectivity index (χ1n) is 9.76. The van der Waals surface area contributed by atoms with Crippen molar-refractivity contribution in [1.29, 1.82) is 0 Å². The van der Waals surface area contributed by atoms with Crippen LogP contribution in [0.3, 0.4) is 0 Å².